The van der Waals surface area contributed by atoms with Crippen molar-refractivity contribution in [3.05, 3.63) is 0 Å². The Morgan fingerprint density at radius 1 is 1.41 bits per heavy atom. The van der Waals surface area contributed by atoms with Crippen molar-refractivity contribution in [1.82, 2.24) is 15.1 Å². The van der Waals surface area contributed by atoms with E-state index in [1.165, 1.54) is 0 Å². The molecule has 0 spiro atoms. The van der Waals surface area contributed by atoms with E-state index >= 15 is 0 Å². The monoisotopic (exact) mass is 239 g/mol. The van der Waals surface area contributed by atoms with Crippen molar-refractivity contribution in [2.45, 2.75) is 26.3 Å². The fourth-order valence-corrected chi connectivity index (χ4v) is 2.74. The highest BCUT2D eigenvalue weighted by Crippen LogP contribution is 2.20. The predicted octanol–water partition coefficient (Wildman–Crippen LogP) is 0.395. The summed E-state index contributed by atoms with van der Waals surface area (Å²) >= 11 is 0. The van der Waals surface area contributed by atoms with Gasteiger partial charge in [-0.05, 0) is 32.5 Å². The van der Waals surface area contributed by atoms with Crippen molar-refractivity contribution in [3.8, 4) is 0 Å². The molecule has 2 fully saturated rings. The van der Waals surface area contributed by atoms with E-state index in [2.05, 4.69) is 36.0 Å². The molecule has 0 aromatic carbocycles. The van der Waals surface area contributed by atoms with Gasteiger partial charge in [-0.3, -0.25) is 9.69 Å². The van der Waals surface area contributed by atoms with Crippen molar-refractivity contribution >= 4 is 5.91 Å². The lowest BCUT2D eigenvalue weighted by molar-refractivity contribution is -0.140. The number of piperazine rings is 1. The Labute approximate surface area is 104 Å². The summed E-state index contributed by atoms with van der Waals surface area (Å²) in [5.74, 6) is 1.11. The molecule has 0 aliphatic carbocycles. The lowest BCUT2D eigenvalue weighted by Crippen LogP contribution is -2.56. The van der Waals surface area contributed by atoms with Gasteiger partial charge >= 0.3 is 0 Å². The summed E-state index contributed by atoms with van der Waals surface area (Å²) in [6, 6.07) is 0.541. The normalized spacial score (nSPS) is 28.9. The number of nitrogens with one attached hydrogen (secondary N) is 1. The molecule has 4 nitrogen and oxygen atoms in total. The Morgan fingerprint density at radius 3 is 2.65 bits per heavy atom. The van der Waals surface area contributed by atoms with Crippen LogP contribution in [-0.2, 0) is 4.79 Å². The number of rotatable bonds is 3. The summed E-state index contributed by atoms with van der Waals surface area (Å²) in [6.45, 7) is 9.14. The predicted molar refractivity (Wildman–Crippen MR) is 68.8 cm³/mol. The number of amides is 1. The van der Waals surface area contributed by atoms with E-state index in [1.807, 2.05) is 0 Å². The molecule has 0 saturated carbocycles. The molecule has 4 heteroatoms. The minimum absolute atomic E-state index is 0.192. The largest absolute Gasteiger partial charge is 0.340 e. The Morgan fingerprint density at radius 2 is 2.12 bits per heavy atom. The number of carbonyl (C=O) groups is 1. The van der Waals surface area contributed by atoms with Crippen LogP contribution in [0.2, 0.25) is 0 Å². The van der Waals surface area contributed by atoms with Crippen LogP contribution in [0.4, 0.5) is 0 Å². The summed E-state index contributed by atoms with van der Waals surface area (Å²) in [7, 11) is 2.16. The lowest BCUT2D eigenvalue weighted by atomic mass is 9.87. The summed E-state index contributed by atoms with van der Waals surface area (Å²) in [6.07, 6.45) is 1.12. The van der Waals surface area contributed by atoms with Crippen molar-refractivity contribution in [2.75, 3.05) is 39.8 Å². The van der Waals surface area contributed by atoms with Crippen LogP contribution in [0.5, 0.6) is 0 Å². The van der Waals surface area contributed by atoms with E-state index in [1.54, 1.807) is 0 Å². The van der Waals surface area contributed by atoms with Gasteiger partial charge in [-0.1, -0.05) is 13.8 Å². The third-order valence-electron chi connectivity index (χ3n) is 4.47. The standard InChI is InChI=1S/C13H25N3O/c1-4-12-9-16(6-5-15(12)3)13(17)10(2)11-7-14-8-11/h10-12,14H,4-9H2,1-3H3. The maximum absolute atomic E-state index is 12.4. The Bertz CT molecular complexity index is 278. The molecule has 0 radical (unpaired) electrons. The minimum Gasteiger partial charge on any atom is -0.340 e. The highest BCUT2D eigenvalue weighted by atomic mass is 16.2. The molecule has 2 rings (SSSR count). The van der Waals surface area contributed by atoms with Gasteiger partial charge in [-0.2, -0.15) is 0 Å². The van der Waals surface area contributed by atoms with Gasteiger partial charge in [0.1, 0.15) is 0 Å². The fraction of sp³-hybridized carbons (Fsp3) is 0.923. The highest BCUT2D eigenvalue weighted by Gasteiger charge is 2.34. The van der Waals surface area contributed by atoms with Gasteiger partial charge in [0, 0.05) is 31.6 Å². The van der Waals surface area contributed by atoms with Gasteiger partial charge in [0.25, 0.3) is 0 Å². The van der Waals surface area contributed by atoms with E-state index < -0.39 is 0 Å². The van der Waals surface area contributed by atoms with Crippen LogP contribution in [0.3, 0.4) is 0 Å². The second-order valence-electron chi connectivity index (χ2n) is 5.53. The molecule has 0 aromatic heterocycles. The average molecular weight is 239 g/mol. The van der Waals surface area contributed by atoms with E-state index in [4.69, 9.17) is 0 Å². The zero-order chi connectivity index (χ0) is 12.4. The average Bonchev–Trinajstić information content (AvgIpc) is 2.26. The fourth-order valence-electron chi connectivity index (χ4n) is 2.74. The second-order valence-corrected chi connectivity index (χ2v) is 5.53. The molecule has 1 amide bonds. The number of hydrogen-bond acceptors (Lipinski definition) is 3. The molecule has 2 aliphatic rings. The smallest absolute Gasteiger partial charge is 0.225 e. The zero-order valence-corrected chi connectivity index (χ0v) is 11.3. The van der Waals surface area contributed by atoms with Gasteiger partial charge in [-0.25, -0.2) is 0 Å². The molecule has 1 N–H and O–H groups in total. The van der Waals surface area contributed by atoms with Crippen LogP contribution < -0.4 is 5.32 Å². The number of carbonyl (C=O) groups excluding carboxylic acids is 1. The van der Waals surface area contributed by atoms with Crippen LogP contribution in [0.15, 0.2) is 0 Å². The molecule has 2 atom stereocenters. The Kier molecular flexibility index (Phi) is 4.05. The minimum atomic E-state index is 0.192. The summed E-state index contributed by atoms with van der Waals surface area (Å²) in [5.41, 5.74) is 0. The van der Waals surface area contributed by atoms with E-state index in [9.17, 15) is 4.79 Å². The van der Waals surface area contributed by atoms with E-state index in [0.29, 0.717) is 17.9 Å². The first-order valence-corrected chi connectivity index (χ1v) is 6.83. The molecule has 2 saturated heterocycles. The van der Waals surface area contributed by atoms with E-state index in [0.717, 1.165) is 39.1 Å². The number of nitrogens with zero attached hydrogens (tertiary/aromatic N) is 2. The van der Waals surface area contributed by atoms with Crippen molar-refractivity contribution < 1.29 is 4.79 Å². The van der Waals surface area contributed by atoms with Crippen molar-refractivity contribution in [2.24, 2.45) is 11.8 Å². The topological polar surface area (TPSA) is 35.6 Å². The van der Waals surface area contributed by atoms with Crippen LogP contribution >= 0.6 is 0 Å². The van der Waals surface area contributed by atoms with Crippen LogP contribution in [0, 0.1) is 11.8 Å². The third-order valence-corrected chi connectivity index (χ3v) is 4.47. The molecule has 2 aliphatic heterocycles. The van der Waals surface area contributed by atoms with E-state index in [-0.39, 0.29) is 5.92 Å². The summed E-state index contributed by atoms with van der Waals surface area (Å²) in [4.78, 5) is 16.8. The molecule has 2 unspecified atom stereocenters. The first-order chi connectivity index (χ1) is 8.13. The molecule has 0 bridgehead atoms. The van der Waals surface area contributed by atoms with Crippen LogP contribution in [-0.4, -0.2) is 61.5 Å². The Hall–Kier alpha value is -0.610. The van der Waals surface area contributed by atoms with Crippen molar-refractivity contribution in [3.63, 3.8) is 0 Å². The van der Waals surface area contributed by atoms with Crippen LogP contribution in [0.25, 0.3) is 0 Å². The van der Waals surface area contributed by atoms with Gasteiger partial charge in [0.15, 0.2) is 0 Å². The highest BCUT2D eigenvalue weighted by molar-refractivity contribution is 5.79. The summed E-state index contributed by atoms with van der Waals surface area (Å²) < 4.78 is 0. The maximum atomic E-state index is 12.4. The van der Waals surface area contributed by atoms with Gasteiger partial charge in [0.05, 0.1) is 0 Å². The van der Waals surface area contributed by atoms with Crippen LogP contribution in [0.1, 0.15) is 20.3 Å². The van der Waals surface area contributed by atoms with Gasteiger partial charge in [-0.15, -0.1) is 0 Å². The first-order valence-electron chi connectivity index (χ1n) is 6.83. The maximum Gasteiger partial charge on any atom is 0.225 e. The lowest BCUT2D eigenvalue weighted by Gasteiger charge is -2.42. The third kappa shape index (κ3) is 2.63. The second kappa shape index (κ2) is 5.36. The Balaban J connectivity index is 1.90. The molecule has 2 heterocycles. The van der Waals surface area contributed by atoms with Gasteiger partial charge < -0.3 is 10.2 Å². The van der Waals surface area contributed by atoms with Crippen molar-refractivity contribution in [1.29, 1.82) is 0 Å². The SMILES string of the molecule is CCC1CN(C(=O)C(C)C2CNC2)CCN1C. The molecular formula is C13H25N3O. The zero-order valence-electron chi connectivity index (χ0n) is 11.3. The molecular weight excluding hydrogens is 214 g/mol. The van der Waals surface area contributed by atoms with Gasteiger partial charge in [0.2, 0.25) is 5.91 Å². The number of hydrogen-bond donors (Lipinski definition) is 1. The first kappa shape index (κ1) is 12.8. The summed E-state index contributed by atoms with van der Waals surface area (Å²) in [5, 5.41) is 3.25. The molecule has 98 valence electrons. The molecule has 17 heavy (non-hydrogen) atoms. The quantitative estimate of drug-likeness (QED) is 0.774. The molecule has 0 aromatic rings. The number of likely N-dealkylation sites (N-methyl/N-ethyl adjacent to an activating group) is 1.